The number of carbonyl (C=O) groups is 2. The zero-order chi connectivity index (χ0) is 23.9. The highest BCUT2D eigenvalue weighted by Crippen LogP contribution is 2.20. The number of ether oxygens (including phenoxy) is 1. The number of hydrogen-bond acceptors (Lipinski definition) is 6. The molecule has 3 aromatic carbocycles. The molecular weight excluding hydrogens is 434 g/mol. The Hall–Kier alpha value is -4.79. The van der Waals surface area contributed by atoms with Crippen LogP contribution in [-0.2, 0) is 4.79 Å². The Balaban J connectivity index is 1.64. The fraction of sp³-hybridized carbons (Fsp3) is 0.0800. The van der Waals surface area contributed by atoms with Crippen molar-refractivity contribution in [2.45, 2.75) is 6.04 Å². The summed E-state index contributed by atoms with van der Waals surface area (Å²) in [7, 11) is 1.57. The van der Waals surface area contributed by atoms with Crippen LogP contribution in [0.1, 0.15) is 27.7 Å². The summed E-state index contributed by atoms with van der Waals surface area (Å²) in [5, 5.41) is 14.0. The van der Waals surface area contributed by atoms with Crippen molar-refractivity contribution in [2.24, 2.45) is 5.10 Å². The van der Waals surface area contributed by atoms with Crippen LogP contribution in [-0.4, -0.2) is 35.3 Å². The zero-order valence-corrected chi connectivity index (χ0v) is 18.2. The van der Waals surface area contributed by atoms with E-state index >= 15 is 0 Å². The Labute approximate surface area is 194 Å². The van der Waals surface area contributed by atoms with Gasteiger partial charge in [0, 0.05) is 10.9 Å². The van der Waals surface area contributed by atoms with E-state index in [1.807, 2.05) is 0 Å². The average Bonchev–Trinajstić information content (AvgIpc) is 2.88. The van der Waals surface area contributed by atoms with Gasteiger partial charge >= 0.3 is 0 Å². The molecule has 9 nitrogen and oxygen atoms in total. The van der Waals surface area contributed by atoms with E-state index in [0.29, 0.717) is 22.1 Å². The number of rotatable bonds is 7. The van der Waals surface area contributed by atoms with Crippen LogP contribution in [0.15, 0.2) is 88.8 Å². The molecule has 4 rings (SSSR count). The number of hydrazone groups is 1. The summed E-state index contributed by atoms with van der Waals surface area (Å²) in [5.74, 6) is -0.406. The predicted octanol–water partition coefficient (Wildman–Crippen LogP) is 2.55. The summed E-state index contributed by atoms with van der Waals surface area (Å²) in [6, 6.07) is 21.1. The van der Waals surface area contributed by atoms with E-state index in [-0.39, 0.29) is 5.69 Å². The van der Waals surface area contributed by atoms with Gasteiger partial charge in [0.1, 0.15) is 11.4 Å². The van der Waals surface area contributed by atoms with Gasteiger partial charge in [-0.15, -0.1) is 0 Å². The van der Waals surface area contributed by atoms with E-state index in [1.54, 1.807) is 86.0 Å². The van der Waals surface area contributed by atoms with Crippen molar-refractivity contribution in [3.63, 3.8) is 0 Å². The predicted molar refractivity (Wildman–Crippen MR) is 128 cm³/mol. The van der Waals surface area contributed by atoms with E-state index in [0.717, 1.165) is 5.56 Å². The quantitative estimate of drug-likeness (QED) is 0.292. The summed E-state index contributed by atoms with van der Waals surface area (Å²) in [5.41, 5.74) is 3.35. The maximum absolute atomic E-state index is 13.1. The molecule has 34 heavy (non-hydrogen) atoms. The van der Waals surface area contributed by atoms with Crippen molar-refractivity contribution in [2.75, 3.05) is 7.11 Å². The molecule has 0 aliphatic heterocycles. The van der Waals surface area contributed by atoms with Crippen molar-refractivity contribution < 1.29 is 14.3 Å². The summed E-state index contributed by atoms with van der Waals surface area (Å²) >= 11 is 0. The van der Waals surface area contributed by atoms with E-state index in [4.69, 9.17) is 4.74 Å². The molecule has 0 spiro atoms. The van der Waals surface area contributed by atoms with E-state index in [9.17, 15) is 14.4 Å². The molecule has 0 unspecified atom stereocenters. The zero-order valence-electron chi connectivity index (χ0n) is 18.2. The molecular formula is C25H21N5O4. The number of aromatic nitrogens is 2. The second-order valence-electron chi connectivity index (χ2n) is 7.26. The first kappa shape index (κ1) is 22.4. The lowest BCUT2D eigenvalue weighted by Crippen LogP contribution is -2.40. The number of methoxy groups -OCH3 is 1. The lowest BCUT2D eigenvalue weighted by atomic mass is 10.0. The van der Waals surface area contributed by atoms with Crippen molar-refractivity contribution in [3.05, 3.63) is 106 Å². The number of hydrogen-bond donors (Lipinski definition) is 3. The second-order valence-corrected chi connectivity index (χ2v) is 7.26. The number of fused-ring (bicyclic) bond motifs is 1. The Kier molecular flexibility index (Phi) is 6.73. The van der Waals surface area contributed by atoms with Crippen LogP contribution in [0.25, 0.3) is 10.8 Å². The SMILES string of the molecule is COc1ccc(/C=N\NC(=O)[C@H](NC(=O)c2ccccc2)c2n[nH]c(=O)c3ccccc23)cc1. The molecule has 0 saturated heterocycles. The van der Waals surface area contributed by atoms with Gasteiger partial charge < -0.3 is 10.1 Å². The highest BCUT2D eigenvalue weighted by atomic mass is 16.5. The van der Waals surface area contributed by atoms with E-state index in [1.165, 1.54) is 6.21 Å². The molecule has 1 atom stereocenters. The van der Waals surface area contributed by atoms with Crippen molar-refractivity contribution >= 4 is 28.8 Å². The number of aromatic amines is 1. The lowest BCUT2D eigenvalue weighted by molar-refractivity contribution is -0.123. The van der Waals surface area contributed by atoms with Gasteiger partial charge in [0.05, 0.1) is 18.7 Å². The van der Waals surface area contributed by atoms with Gasteiger partial charge in [-0.1, -0.05) is 36.4 Å². The Morgan fingerprint density at radius 3 is 2.35 bits per heavy atom. The summed E-state index contributed by atoms with van der Waals surface area (Å²) in [6.45, 7) is 0. The highest BCUT2D eigenvalue weighted by Gasteiger charge is 2.27. The third-order valence-electron chi connectivity index (χ3n) is 5.08. The highest BCUT2D eigenvalue weighted by molar-refractivity contribution is 5.99. The van der Waals surface area contributed by atoms with Gasteiger partial charge in [0.25, 0.3) is 17.4 Å². The summed E-state index contributed by atoms with van der Waals surface area (Å²) in [4.78, 5) is 38.2. The van der Waals surface area contributed by atoms with Crippen LogP contribution in [0.4, 0.5) is 0 Å². The standard InChI is InChI=1S/C25H21N5O4/c1-34-18-13-11-16(12-14-18)15-26-29-25(33)22(27-23(31)17-7-3-2-4-8-17)21-19-9-5-6-10-20(19)24(32)30-28-21/h2-15,22H,1H3,(H,27,31)(H,29,33)(H,30,32)/b26-15-/t22-/m1/s1. The normalized spacial score (nSPS) is 11.8. The molecule has 9 heteroatoms. The smallest absolute Gasteiger partial charge is 0.272 e. The fourth-order valence-electron chi connectivity index (χ4n) is 3.34. The third-order valence-corrected chi connectivity index (χ3v) is 5.08. The van der Waals surface area contributed by atoms with Crippen LogP contribution in [0.3, 0.4) is 0 Å². The molecule has 0 fully saturated rings. The largest absolute Gasteiger partial charge is 0.497 e. The first-order valence-electron chi connectivity index (χ1n) is 10.4. The first-order valence-corrected chi connectivity index (χ1v) is 10.4. The molecule has 1 aromatic heterocycles. The van der Waals surface area contributed by atoms with Crippen LogP contribution < -0.4 is 21.0 Å². The number of benzene rings is 3. The van der Waals surface area contributed by atoms with Gasteiger partial charge in [0.2, 0.25) is 0 Å². The molecule has 3 N–H and O–H groups in total. The number of carbonyl (C=O) groups excluding carboxylic acids is 2. The van der Waals surface area contributed by atoms with Gasteiger partial charge in [-0.2, -0.15) is 10.2 Å². The second kappa shape index (κ2) is 10.2. The Bertz CT molecular complexity index is 1400. The summed E-state index contributed by atoms with van der Waals surface area (Å²) in [6.07, 6.45) is 1.46. The third kappa shape index (κ3) is 4.99. The van der Waals surface area contributed by atoms with E-state index in [2.05, 4.69) is 26.0 Å². The minimum absolute atomic E-state index is 0.191. The average molecular weight is 455 g/mol. The first-order chi connectivity index (χ1) is 16.6. The molecule has 0 saturated carbocycles. The number of amides is 2. The molecule has 0 bridgehead atoms. The molecule has 0 aliphatic carbocycles. The molecule has 0 aliphatic rings. The monoisotopic (exact) mass is 455 g/mol. The van der Waals surface area contributed by atoms with Gasteiger partial charge in [0.15, 0.2) is 6.04 Å². The topological polar surface area (TPSA) is 126 Å². The number of H-pyrrole nitrogens is 1. The summed E-state index contributed by atoms with van der Waals surface area (Å²) < 4.78 is 5.12. The molecule has 0 radical (unpaired) electrons. The van der Waals surface area contributed by atoms with Crippen LogP contribution in [0, 0.1) is 0 Å². The lowest BCUT2D eigenvalue weighted by Gasteiger charge is -2.18. The maximum atomic E-state index is 13.1. The molecule has 4 aromatic rings. The van der Waals surface area contributed by atoms with Crippen LogP contribution in [0.5, 0.6) is 5.75 Å². The minimum atomic E-state index is -1.22. The maximum Gasteiger partial charge on any atom is 0.272 e. The van der Waals surface area contributed by atoms with E-state index < -0.39 is 23.4 Å². The van der Waals surface area contributed by atoms with Gasteiger partial charge in [-0.3, -0.25) is 14.4 Å². The van der Waals surface area contributed by atoms with Gasteiger partial charge in [-0.25, -0.2) is 10.5 Å². The Morgan fingerprint density at radius 1 is 0.971 bits per heavy atom. The Morgan fingerprint density at radius 2 is 1.65 bits per heavy atom. The van der Waals surface area contributed by atoms with Crippen LogP contribution in [0.2, 0.25) is 0 Å². The van der Waals surface area contributed by atoms with Crippen molar-refractivity contribution in [1.82, 2.24) is 20.9 Å². The number of nitrogens with zero attached hydrogens (tertiary/aromatic N) is 2. The fourth-order valence-corrected chi connectivity index (χ4v) is 3.34. The molecule has 1 heterocycles. The van der Waals surface area contributed by atoms with Crippen molar-refractivity contribution in [3.8, 4) is 5.75 Å². The number of nitrogens with one attached hydrogen (secondary N) is 3. The van der Waals surface area contributed by atoms with Crippen molar-refractivity contribution in [1.29, 1.82) is 0 Å². The van der Waals surface area contributed by atoms with Gasteiger partial charge in [-0.05, 0) is 48.0 Å². The molecule has 170 valence electrons. The minimum Gasteiger partial charge on any atom is -0.497 e. The van der Waals surface area contributed by atoms with Crippen LogP contribution >= 0.6 is 0 Å². The molecule has 2 amide bonds.